The van der Waals surface area contributed by atoms with Gasteiger partial charge in [0.25, 0.3) is 0 Å². The van der Waals surface area contributed by atoms with E-state index in [1.807, 2.05) is 29.2 Å². The van der Waals surface area contributed by atoms with Crippen LogP contribution in [0.15, 0.2) is 35.4 Å². The zero-order chi connectivity index (χ0) is 17.4. The van der Waals surface area contributed by atoms with Gasteiger partial charge in [0.2, 0.25) is 0 Å². The molecule has 5 nitrogen and oxygen atoms in total. The maximum Gasteiger partial charge on any atom is 0.128 e. The molecule has 0 atom stereocenters. The third-order valence-corrected chi connectivity index (χ3v) is 4.64. The fraction of sp³-hybridized carbons (Fsp3) is 0.474. The van der Waals surface area contributed by atoms with E-state index in [2.05, 4.69) is 12.1 Å². The number of nitrogens with zero attached hydrogens (tertiary/aromatic N) is 3. The minimum Gasteiger partial charge on any atom is -0.395 e. The fourth-order valence-electron chi connectivity index (χ4n) is 3.30. The Labute approximate surface area is 143 Å². The summed E-state index contributed by atoms with van der Waals surface area (Å²) in [6.07, 6.45) is 3.53. The zero-order valence-corrected chi connectivity index (χ0v) is 13.8. The maximum absolute atomic E-state index is 9.12. The van der Waals surface area contributed by atoms with E-state index in [1.54, 1.807) is 0 Å². The van der Waals surface area contributed by atoms with Gasteiger partial charge in [0.1, 0.15) is 17.7 Å². The molecule has 0 heterocycles. The van der Waals surface area contributed by atoms with Crippen LogP contribution in [0.25, 0.3) is 0 Å². The smallest absolute Gasteiger partial charge is 0.128 e. The van der Waals surface area contributed by atoms with E-state index in [9.17, 15) is 0 Å². The van der Waals surface area contributed by atoms with Gasteiger partial charge in [-0.25, -0.2) is 0 Å². The van der Waals surface area contributed by atoms with E-state index < -0.39 is 0 Å². The zero-order valence-electron chi connectivity index (χ0n) is 13.8. The largest absolute Gasteiger partial charge is 0.395 e. The van der Waals surface area contributed by atoms with Crippen LogP contribution in [-0.2, 0) is 0 Å². The molecule has 2 rings (SSSR count). The summed E-state index contributed by atoms with van der Waals surface area (Å²) in [5, 5.41) is 36.2. The summed E-state index contributed by atoms with van der Waals surface area (Å²) in [6, 6.07) is 12.2. The van der Waals surface area contributed by atoms with Crippen LogP contribution in [0.2, 0.25) is 0 Å². The number of nitriles is 2. The number of hydrogen-bond donors (Lipinski definition) is 2. The number of hydrogen-bond acceptors (Lipinski definition) is 5. The number of rotatable bonds is 6. The summed E-state index contributed by atoms with van der Waals surface area (Å²) in [5.74, 6) is 0.450. The Hall–Kier alpha value is -2.34. The molecule has 0 unspecified atom stereocenters. The van der Waals surface area contributed by atoms with Crippen LogP contribution in [-0.4, -0.2) is 36.5 Å². The van der Waals surface area contributed by atoms with Gasteiger partial charge in [-0.05, 0) is 54.9 Å². The number of anilines is 1. The lowest BCUT2D eigenvalue weighted by molar-refractivity contribution is 0.281. The first kappa shape index (κ1) is 18.0. The molecule has 126 valence electrons. The van der Waals surface area contributed by atoms with Crippen LogP contribution in [0.5, 0.6) is 0 Å². The van der Waals surface area contributed by atoms with Crippen LogP contribution in [0.3, 0.4) is 0 Å². The molecule has 1 aromatic carbocycles. The van der Waals surface area contributed by atoms with E-state index in [-0.39, 0.29) is 18.8 Å². The third-order valence-electron chi connectivity index (χ3n) is 4.64. The summed E-state index contributed by atoms with van der Waals surface area (Å²) in [7, 11) is 0. The molecule has 0 spiro atoms. The lowest BCUT2D eigenvalue weighted by Crippen LogP contribution is -2.29. The Balaban J connectivity index is 2.04. The molecule has 2 N–H and O–H groups in total. The molecule has 1 aromatic rings. The second kappa shape index (κ2) is 9.08. The van der Waals surface area contributed by atoms with Crippen LogP contribution in [0, 0.1) is 22.7 Å². The average molecular weight is 325 g/mol. The average Bonchev–Trinajstić information content (AvgIpc) is 2.63. The molecule has 0 amide bonds. The standard InChI is InChI=1S/C19H23N3O2/c20-13-18(14-21)17-3-1-15(2-4-17)16-5-7-19(8-6-16)22(9-11-23)10-12-24/h5-8,15,23-24H,1-4,9-12H2. The molecule has 1 fully saturated rings. The summed E-state index contributed by atoms with van der Waals surface area (Å²) in [5.41, 5.74) is 3.54. The van der Waals surface area contributed by atoms with Gasteiger partial charge in [0.05, 0.1) is 13.2 Å². The highest BCUT2D eigenvalue weighted by Gasteiger charge is 2.20. The van der Waals surface area contributed by atoms with Gasteiger partial charge >= 0.3 is 0 Å². The summed E-state index contributed by atoms with van der Waals surface area (Å²) >= 11 is 0. The topological polar surface area (TPSA) is 91.3 Å². The molecule has 1 aliphatic carbocycles. The van der Waals surface area contributed by atoms with Crippen LogP contribution in [0.1, 0.15) is 37.2 Å². The van der Waals surface area contributed by atoms with Gasteiger partial charge in [0.15, 0.2) is 0 Å². The number of allylic oxidation sites excluding steroid dienone is 2. The van der Waals surface area contributed by atoms with Crippen molar-refractivity contribution in [3.8, 4) is 12.1 Å². The summed E-state index contributed by atoms with van der Waals surface area (Å²) in [4.78, 5) is 1.96. The summed E-state index contributed by atoms with van der Waals surface area (Å²) < 4.78 is 0. The van der Waals surface area contributed by atoms with Crippen molar-refractivity contribution < 1.29 is 10.2 Å². The van der Waals surface area contributed by atoms with Gasteiger partial charge in [-0.1, -0.05) is 12.1 Å². The van der Waals surface area contributed by atoms with Crippen LogP contribution >= 0.6 is 0 Å². The minimum atomic E-state index is 0.0552. The predicted octanol–water partition coefficient (Wildman–Crippen LogP) is 2.48. The monoisotopic (exact) mass is 325 g/mol. The van der Waals surface area contributed by atoms with E-state index in [4.69, 9.17) is 20.7 Å². The highest BCUT2D eigenvalue weighted by Crippen LogP contribution is 2.37. The minimum absolute atomic E-state index is 0.0552. The first-order valence-electron chi connectivity index (χ1n) is 8.32. The van der Waals surface area contributed by atoms with E-state index in [1.165, 1.54) is 5.56 Å². The van der Waals surface area contributed by atoms with Crippen molar-refractivity contribution in [2.75, 3.05) is 31.2 Å². The molecule has 24 heavy (non-hydrogen) atoms. The van der Waals surface area contributed by atoms with Gasteiger partial charge in [-0.3, -0.25) is 0 Å². The molecule has 0 saturated heterocycles. The van der Waals surface area contributed by atoms with E-state index >= 15 is 0 Å². The number of benzene rings is 1. The molecule has 1 aliphatic rings. The first-order valence-corrected chi connectivity index (χ1v) is 8.32. The van der Waals surface area contributed by atoms with Crippen molar-refractivity contribution in [1.29, 1.82) is 10.5 Å². The lowest BCUT2D eigenvalue weighted by Gasteiger charge is -2.26. The Morgan fingerprint density at radius 3 is 2.00 bits per heavy atom. The van der Waals surface area contributed by atoms with Crippen molar-refractivity contribution in [1.82, 2.24) is 0 Å². The third kappa shape index (κ3) is 4.35. The number of aliphatic hydroxyl groups excluding tert-OH is 2. The molecular formula is C19H23N3O2. The van der Waals surface area contributed by atoms with Gasteiger partial charge < -0.3 is 15.1 Å². The van der Waals surface area contributed by atoms with Gasteiger partial charge in [-0.15, -0.1) is 0 Å². The molecular weight excluding hydrogens is 302 g/mol. The van der Waals surface area contributed by atoms with Crippen molar-refractivity contribution in [2.45, 2.75) is 31.6 Å². The second-order valence-corrected chi connectivity index (χ2v) is 6.00. The Kier molecular flexibility index (Phi) is 6.81. The van der Waals surface area contributed by atoms with Crippen molar-refractivity contribution in [3.63, 3.8) is 0 Å². The highest BCUT2D eigenvalue weighted by atomic mass is 16.3. The van der Waals surface area contributed by atoms with E-state index in [0.717, 1.165) is 36.9 Å². The Morgan fingerprint density at radius 1 is 1.00 bits per heavy atom. The molecule has 0 aromatic heterocycles. The fourth-order valence-corrected chi connectivity index (χ4v) is 3.30. The van der Waals surface area contributed by atoms with Gasteiger partial charge in [0, 0.05) is 18.8 Å². The predicted molar refractivity (Wildman–Crippen MR) is 92.3 cm³/mol. The van der Waals surface area contributed by atoms with E-state index in [0.29, 0.717) is 19.0 Å². The maximum atomic E-state index is 9.12. The van der Waals surface area contributed by atoms with Crippen molar-refractivity contribution in [3.05, 3.63) is 41.0 Å². The quantitative estimate of drug-likeness (QED) is 0.784. The molecule has 0 aliphatic heterocycles. The highest BCUT2D eigenvalue weighted by molar-refractivity contribution is 5.48. The SMILES string of the molecule is N#CC(C#N)=C1CCC(c2ccc(N(CCO)CCO)cc2)CC1. The van der Waals surface area contributed by atoms with Crippen LogP contribution in [0.4, 0.5) is 5.69 Å². The lowest BCUT2D eigenvalue weighted by atomic mass is 9.80. The Bertz CT molecular complexity index is 621. The second-order valence-electron chi connectivity index (χ2n) is 6.00. The van der Waals surface area contributed by atoms with Crippen molar-refractivity contribution >= 4 is 5.69 Å². The molecule has 5 heteroatoms. The normalized spacial score (nSPS) is 17.0. The number of aliphatic hydroxyl groups is 2. The summed E-state index contributed by atoms with van der Waals surface area (Å²) in [6.45, 7) is 1.12. The first-order chi connectivity index (χ1) is 11.7. The van der Waals surface area contributed by atoms with Gasteiger partial charge in [-0.2, -0.15) is 10.5 Å². The molecule has 0 radical (unpaired) electrons. The molecule has 0 bridgehead atoms. The van der Waals surface area contributed by atoms with Crippen LogP contribution < -0.4 is 4.90 Å². The Morgan fingerprint density at radius 2 is 1.54 bits per heavy atom. The molecule has 1 saturated carbocycles. The van der Waals surface area contributed by atoms with Crippen molar-refractivity contribution in [2.24, 2.45) is 0 Å².